The van der Waals surface area contributed by atoms with E-state index in [2.05, 4.69) is 48.5 Å². The van der Waals surface area contributed by atoms with Crippen LogP contribution in [0.1, 0.15) is 16.1 Å². The molecule has 2 aromatic rings. The Bertz CT molecular complexity index is 619. The van der Waals surface area contributed by atoms with Gasteiger partial charge in [-0.15, -0.1) is 0 Å². The van der Waals surface area contributed by atoms with E-state index in [0.29, 0.717) is 17.1 Å². The Morgan fingerprint density at radius 3 is 2.89 bits per heavy atom. The summed E-state index contributed by atoms with van der Waals surface area (Å²) >= 11 is 5.52. The monoisotopic (exact) mass is 432 g/mol. The Kier molecular flexibility index (Phi) is 4.87. The number of halogens is 2. The summed E-state index contributed by atoms with van der Waals surface area (Å²) in [6, 6.07) is 7.30. The summed E-state index contributed by atoms with van der Waals surface area (Å²) in [5.41, 5.74) is 1.33. The smallest absolute Gasteiger partial charge is 0.216 e. The molecule has 0 unspecified atom stereocenters. The number of nitrogens with zero attached hydrogens (tertiary/aromatic N) is 2. The zero-order chi connectivity index (χ0) is 13.8. The number of carbonyl (C=O) groups is 1. The molecule has 0 saturated heterocycles. The van der Waals surface area contributed by atoms with Crippen molar-refractivity contribution in [1.82, 2.24) is 9.97 Å². The molecule has 0 bridgehead atoms. The summed E-state index contributed by atoms with van der Waals surface area (Å²) in [6.07, 6.45) is 1.62. The van der Waals surface area contributed by atoms with Gasteiger partial charge in [0.15, 0.2) is 5.78 Å². The van der Waals surface area contributed by atoms with Crippen LogP contribution >= 0.6 is 38.5 Å². The molecule has 0 atom stereocenters. The number of ether oxygens (including phenoxy) is 1. The van der Waals surface area contributed by atoms with Gasteiger partial charge in [0.1, 0.15) is 6.33 Å². The first kappa shape index (κ1) is 14.4. The molecule has 1 aromatic carbocycles. The van der Waals surface area contributed by atoms with Gasteiger partial charge < -0.3 is 4.74 Å². The van der Waals surface area contributed by atoms with Crippen LogP contribution in [-0.2, 0) is 6.42 Å². The van der Waals surface area contributed by atoms with Gasteiger partial charge in [0, 0.05) is 19.7 Å². The SMILES string of the molecule is COc1cc(CC(=O)c2cc(Br)ccc2I)ncn1. The Hall–Kier alpha value is -1.02. The highest BCUT2D eigenvalue weighted by Gasteiger charge is 2.12. The van der Waals surface area contributed by atoms with Crippen LogP contribution in [0.3, 0.4) is 0 Å². The molecule has 4 nitrogen and oxygen atoms in total. The number of hydrogen-bond acceptors (Lipinski definition) is 4. The van der Waals surface area contributed by atoms with Gasteiger partial charge in [-0.3, -0.25) is 4.79 Å². The van der Waals surface area contributed by atoms with E-state index in [9.17, 15) is 4.79 Å². The maximum atomic E-state index is 12.3. The molecular weight excluding hydrogens is 423 g/mol. The fourth-order valence-corrected chi connectivity index (χ4v) is 2.55. The van der Waals surface area contributed by atoms with Crippen molar-refractivity contribution in [2.24, 2.45) is 0 Å². The molecule has 0 fully saturated rings. The second-order valence-corrected chi connectivity index (χ2v) is 5.85. The fraction of sp³-hybridized carbons (Fsp3) is 0.154. The lowest BCUT2D eigenvalue weighted by atomic mass is 10.1. The summed E-state index contributed by atoms with van der Waals surface area (Å²) in [4.78, 5) is 20.3. The fourth-order valence-electron chi connectivity index (χ4n) is 1.56. The summed E-state index contributed by atoms with van der Waals surface area (Å²) in [5, 5.41) is 0. The van der Waals surface area contributed by atoms with Crippen molar-refractivity contribution in [3.63, 3.8) is 0 Å². The molecule has 0 saturated carbocycles. The first-order chi connectivity index (χ1) is 9.10. The molecular formula is C13H10BrIN2O2. The highest BCUT2D eigenvalue weighted by molar-refractivity contribution is 14.1. The van der Waals surface area contributed by atoms with Gasteiger partial charge in [-0.2, -0.15) is 0 Å². The van der Waals surface area contributed by atoms with E-state index in [0.717, 1.165) is 8.04 Å². The van der Waals surface area contributed by atoms with Crippen LogP contribution in [0.25, 0.3) is 0 Å². The van der Waals surface area contributed by atoms with Crippen LogP contribution < -0.4 is 4.74 Å². The van der Waals surface area contributed by atoms with E-state index in [4.69, 9.17) is 4.74 Å². The number of hydrogen-bond donors (Lipinski definition) is 0. The van der Waals surface area contributed by atoms with E-state index >= 15 is 0 Å². The average molecular weight is 433 g/mol. The number of Topliss-reactive ketones (excluding diaryl/α,β-unsaturated/α-hetero) is 1. The summed E-state index contributed by atoms with van der Waals surface area (Å²) in [7, 11) is 1.53. The minimum Gasteiger partial charge on any atom is -0.481 e. The van der Waals surface area contributed by atoms with Crippen LogP contribution in [-0.4, -0.2) is 22.9 Å². The number of ketones is 1. The van der Waals surface area contributed by atoms with Crippen molar-refractivity contribution >= 4 is 44.3 Å². The Balaban J connectivity index is 2.23. The number of aromatic nitrogens is 2. The molecule has 0 aliphatic carbocycles. The second kappa shape index (κ2) is 6.42. The third kappa shape index (κ3) is 3.73. The minimum atomic E-state index is 0.0199. The minimum absolute atomic E-state index is 0.0199. The second-order valence-electron chi connectivity index (χ2n) is 3.78. The third-order valence-electron chi connectivity index (χ3n) is 2.48. The third-order valence-corrected chi connectivity index (χ3v) is 3.91. The predicted octanol–water partition coefficient (Wildman–Crippen LogP) is 3.28. The summed E-state index contributed by atoms with van der Waals surface area (Å²) < 4.78 is 6.82. The van der Waals surface area contributed by atoms with Crippen LogP contribution in [0.5, 0.6) is 5.88 Å². The van der Waals surface area contributed by atoms with E-state index in [1.54, 1.807) is 6.07 Å². The topological polar surface area (TPSA) is 52.1 Å². The molecule has 0 spiro atoms. The van der Waals surface area contributed by atoms with Gasteiger partial charge in [0.2, 0.25) is 5.88 Å². The molecule has 0 radical (unpaired) electrons. The molecule has 1 aromatic heterocycles. The van der Waals surface area contributed by atoms with Crippen LogP contribution in [0.15, 0.2) is 35.1 Å². The first-order valence-electron chi connectivity index (χ1n) is 5.43. The van der Waals surface area contributed by atoms with Crippen molar-refractivity contribution in [3.8, 4) is 5.88 Å². The van der Waals surface area contributed by atoms with Gasteiger partial charge in [0.05, 0.1) is 19.2 Å². The van der Waals surface area contributed by atoms with Crippen molar-refractivity contribution in [2.75, 3.05) is 7.11 Å². The maximum absolute atomic E-state index is 12.3. The van der Waals surface area contributed by atoms with Crippen LogP contribution in [0, 0.1) is 3.57 Å². The summed E-state index contributed by atoms with van der Waals surface area (Å²) in [5.74, 6) is 0.480. The molecule has 19 heavy (non-hydrogen) atoms. The zero-order valence-corrected chi connectivity index (χ0v) is 13.8. The van der Waals surface area contributed by atoms with Crippen molar-refractivity contribution in [2.45, 2.75) is 6.42 Å². The van der Waals surface area contributed by atoms with Crippen molar-refractivity contribution < 1.29 is 9.53 Å². The van der Waals surface area contributed by atoms with E-state index in [-0.39, 0.29) is 12.2 Å². The number of benzene rings is 1. The quantitative estimate of drug-likeness (QED) is 0.549. The van der Waals surface area contributed by atoms with Gasteiger partial charge in [-0.05, 0) is 40.8 Å². The molecule has 6 heteroatoms. The summed E-state index contributed by atoms with van der Waals surface area (Å²) in [6.45, 7) is 0. The Labute approximate surface area is 132 Å². The zero-order valence-electron chi connectivity index (χ0n) is 10.1. The Morgan fingerprint density at radius 2 is 2.16 bits per heavy atom. The van der Waals surface area contributed by atoms with Gasteiger partial charge in [-0.25, -0.2) is 9.97 Å². The molecule has 0 aliphatic rings. The molecule has 1 heterocycles. The number of rotatable bonds is 4. The van der Waals surface area contributed by atoms with E-state index < -0.39 is 0 Å². The molecule has 2 rings (SSSR count). The van der Waals surface area contributed by atoms with Gasteiger partial charge in [-0.1, -0.05) is 15.9 Å². The highest BCUT2D eigenvalue weighted by Crippen LogP contribution is 2.20. The van der Waals surface area contributed by atoms with Crippen LogP contribution in [0.2, 0.25) is 0 Å². The molecule has 0 amide bonds. The van der Waals surface area contributed by atoms with Crippen molar-refractivity contribution in [3.05, 3.63) is 49.9 Å². The average Bonchev–Trinajstić information content (AvgIpc) is 2.41. The predicted molar refractivity (Wildman–Crippen MR) is 83.5 cm³/mol. The maximum Gasteiger partial charge on any atom is 0.216 e. The van der Waals surface area contributed by atoms with Gasteiger partial charge in [0.25, 0.3) is 0 Å². The van der Waals surface area contributed by atoms with Crippen LogP contribution in [0.4, 0.5) is 0 Å². The lowest BCUT2D eigenvalue weighted by Crippen LogP contribution is -2.07. The number of carbonyl (C=O) groups excluding carboxylic acids is 1. The van der Waals surface area contributed by atoms with Gasteiger partial charge >= 0.3 is 0 Å². The largest absolute Gasteiger partial charge is 0.481 e. The Morgan fingerprint density at radius 1 is 1.37 bits per heavy atom. The standard InChI is InChI=1S/C13H10BrIN2O2/c1-19-13-6-9(16-7-17-13)5-12(18)10-4-8(14)2-3-11(10)15/h2-4,6-7H,5H2,1H3. The highest BCUT2D eigenvalue weighted by atomic mass is 127. The molecule has 0 aliphatic heterocycles. The van der Waals surface area contributed by atoms with E-state index in [1.165, 1.54) is 13.4 Å². The lowest BCUT2D eigenvalue weighted by Gasteiger charge is -2.05. The van der Waals surface area contributed by atoms with Crippen molar-refractivity contribution in [1.29, 1.82) is 0 Å². The van der Waals surface area contributed by atoms with E-state index in [1.807, 2.05) is 18.2 Å². The molecule has 0 N–H and O–H groups in total. The number of methoxy groups -OCH3 is 1. The normalized spacial score (nSPS) is 10.3. The lowest BCUT2D eigenvalue weighted by molar-refractivity contribution is 0.0991. The molecule has 98 valence electrons. The first-order valence-corrected chi connectivity index (χ1v) is 7.30.